The average Bonchev–Trinajstić information content (AvgIpc) is 3.15. The number of ether oxygens (including phenoxy) is 1. The van der Waals surface area contributed by atoms with Crippen LogP contribution in [0.1, 0.15) is 24.1 Å². The summed E-state index contributed by atoms with van der Waals surface area (Å²) in [4.78, 5) is 0. The fourth-order valence-electron chi connectivity index (χ4n) is 2.72. The van der Waals surface area contributed by atoms with Crippen LogP contribution >= 0.6 is 0 Å². The second kappa shape index (κ2) is 5.17. The molecule has 2 heterocycles. The van der Waals surface area contributed by atoms with Crippen molar-refractivity contribution in [1.82, 2.24) is 7.96 Å². The van der Waals surface area contributed by atoms with Gasteiger partial charge in [-0.15, -0.1) is 0 Å². The number of aromatic nitrogens is 2. The van der Waals surface area contributed by atoms with Crippen LogP contribution in [0.5, 0.6) is 5.75 Å². The molecular weight excluding hydrogens is 329 g/mol. The average molecular weight is 344 g/mol. The van der Waals surface area contributed by atoms with Crippen LogP contribution in [0.3, 0.4) is 0 Å². The summed E-state index contributed by atoms with van der Waals surface area (Å²) in [5.41, 5.74) is 5.67. The zero-order chi connectivity index (χ0) is 14.2. The molecule has 5 heteroatoms. The Morgan fingerprint density at radius 3 is 3.14 bits per heavy atom. The molecule has 4 rings (SSSR count). The van der Waals surface area contributed by atoms with Crippen LogP contribution in [0.2, 0.25) is 0 Å². The first kappa shape index (κ1) is 12.9. The second-order valence-electron chi connectivity index (χ2n) is 5.27. The number of fused-ring (bicyclic) bond motifs is 2. The van der Waals surface area contributed by atoms with Gasteiger partial charge in [0.1, 0.15) is 0 Å². The molecular formula is C16H15N3OSe. The van der Waals surface area contributed by atoms with Crippen molar-refractivity contribution >= 4 is 31.7 Å². The summed E-state index contributed by atoms with van der Waals surface area (Å²) in [6.07, 6.45) is 1.01. The Hall–Kier alpha value is -1.84. The van der Waals surface area contributed by atoms with Crippen molar-refractivity contribution < 1.29 is 4.74 Å². The van der Waals surface area contributed by atoms with E-state index in [2.05, 4.69) is 44.5 Å². The van der Waals surface area contributed by atoms with E-state index in [1.165, 1.54) is 11.1 Å². The van der Waals surface area contributed by atoms with E-state index in [1.807, 2.05) is 12.1 Å². The van der Waals surface area contributed by atoms with E-state index in [9.17, 15) is 0 Å². The molecule has 1 aliphatic heterocycles. The van der Waals surface area contributed by atoms with Crippen molar-refractivity contribution in [2.24, 2.45) is 0 Å². The monoisotopic (exact) mass is 345 g/mol. The van der Waals surface area contributed by atoms with E-state index in [4.69, 9.17) is 4.74 Å². The molecule has 1 atom stereocenters. The zero-order valence-corrected chi connectivity index (χ0v) is 13.4. The molecule has 0 aliphatic carbocycles. The molecule has 0 saturated heterocycles. The number of hydrogen-bond acceptors (Lipinski definition) is 4. The molecule has 0 radical (unpaired) electrons. The fraction of sp³-hybridized carbons (Fsp3) is 0.250. The van der Waals surface area contributed by atoms with Gasteiger partial charge < -0.3 is 0 Å². The molecule has 0 bridgehead atoms. The van der Waals surface area contributed by atoms with Gasteiger partial charge in [0, 0.05) is 0 Å². The van der Waals surface area contributed by atoms with Crippen molar-refractivity contribution in [3.8, 4) is 5.75 Å². The van der Waals surface area contributed by atoms with Crippen LogP contribution in [-0.4, -0.2) is 29.5 Å². The van der Waals surface area contributed by atoms with Crippen LogP contribution in [0, 0.1) is 0 Å². The van der Waals surface area contributed by atoms with Crippen LogP contribution in [0.15, 0.2) is 36.4 Å². The van der Waals surface area contributed by atoms with Gasteiger partial charge in [-0.3, -0.25) is 0 Å². The van der Waals surface area contributed by atoms with Gasteiger partial charge >= 0.3 is 129 Å². The van der Waals surface area contributed by atoms with E-state index in [0.717, 1.165) is 35.5 Å². The third kappa shape index (κ3) is 2.33. The Balaban J connectivity index is 1.63. The fourth-order valence-corrected chi connectivity index (χ4v) is 3.87. The molecule has 3 aromatic rings. The van der Waals surface area contributed by atoms with Gasteiger partial charge in [-0.25, -0.2) is 0 Å². The van der Waals surface area contributed by atoms with Gasteiger partial charge in [0.05, 0.1) is 0 Å². The SMILES string of the molecule is CC(Nc1cccc2n[se]nc12)c1ccc2c(c1)CCO2. The Bertz CT molecular complexity index is 799. The van der Waals surface area contributed by atoms with Crippen LogP contribution in [-0.2, 0) is 6.42 Å². The standard InChI is InChI=1S/C16H15N3OSe/c1-10(11-5-6-15-12(9-11)7-8-20-15)17-13-3-2-4-14-16(13)19-21-18-14/h2-6,9-10,17H,7-8H2,1H3. The van der Waals surface area contributed by atoms with E-state index in [0.29, 0.717) is 0 Å². The van der Waals surface area contributed by atoms with Crippen LogP contribution in [0.25, 0.3) is 11.0 Å². The first-order chi connectivity index (χ1) is 10.3. The first-order valence-electron chi connectivity index (χ1n) is 7.05. The zero-order valence-electron chi connectivity index (χ0n) is 11.7. The number of anilines is 1. The molecule has 4 nitrogen and oxygen atoms in total. The maximum absolute atomic E-state index is 5.57. The minimum atomic E-state index is 0.00820. The van der Waals surface area contributed by atoms with Crippen molar-refractivity contribution in [1.29, 1.82) is 0 Å². The van der Waals surface area contributed by atoms with E-state index in [-0.39, 0.29) is 21.0 Å². The molecule has 1 aromatic heterocycles. The number of hydrogen-bond donors (Lipinski definition) is 1. The summed E-state index contributed by atoms with van der Waals surface area (Å²) in [6, 6.07) is 12.8. The van der Waals surface area contributed by atoms with Gasteiger partial charge in [0.15, 0.2) is 0 Å². The van der Waals surface area contributed by atoms with E-state index >= 15 is 0 Å². The van der Waals surface area contributed by atoms with Crippen molar-refractivity contribution in [2.45, 2.75) is 19.4 Å². The molecule has 2 aromatic carbocycles. The Morgan fingerprint density at radius 2 is 2.19 bits per heavy atom. The summed E-state index contributed by atoms with van der Waals surface area (Å²) in [6.45, 7) is 2.98. The maximum atomic E-state index is 5.57. The van der Waals surface area contributed by atoms with Gasteiger partial charge in [0.25, 0.3) is 0 Å². The second-order valence-corrected chi connectivity index (χ2v) is 6.38. The van der Waals surface area contributed by atoms with E-state index < -0.39 is 0 Å². The van der Waals surface area contributed by atoms with Crippen molar-refractivity contribution in [3.05, 3.63) is 47.5 Å². The molecule has 0 amide bonds. The number of nitrogens with zero attached hydrogens (tertiary/aromatic N) is 2. The van der Waals surface area contributed by atoms with Gasteiger partial charge in [0.2, 0.25) is 0 Å². The normalized spacial score (nSPS) is 14.7. The van der Waals surface area contributed by atoms with Crippen molar-refractivity contribution in [2.75, 3.05) is 11.9 Å². The predicted octanol–water partition coefficient (Wildman–Crippen LogP) is 2.79. The topological polar surface area (TPSA) is 47.0 Å². The summed E-state index contributed by atoms with van der Waals surface area (Å²) >= 11 is 0.00820. The summed E-state index contributed by atoms with van der Waals surface area (Å²) in [7, 11) is 0. The molecule has 0 spiro atoms. The molecule has 0 saturated carbocycles. The number of nitrogens with one attached hydrogen (secondary N) is 1. The third-order valence-electron chi connectivity index (χ3n) is 3.87. The molecule has 0 fully saturated rings. The quantitative estimate of drug-likeness (QED) is 0.743. The molecule has 106 valence electrons. The molecule has 1 N–H and O–H groups in total. The van der Waals surface area contributed by atoms with Gasteiger partial charge in [-0.05, 0) is 0 Å². The summed E-state index contributed by atoms with van der Waals surface area (Å²) < 4.78 is 14.5. The van der Waals surface area contributed by atoms with Crippen LogP contribution < -0.4 is 10.1 Å². The predicted molar refractivity (Wildman–Crippen MR) is 84.2 cm³/mol. The Kier molecular flexibility index (Phi) is 3.17. The third-order valence-corrected chi connectivity index (χ3v) is 5.01. The number of rotatable bonds is 3. The summed E-state index contributed by atoms with van der Waals surface area (Å²) in [5.74, 6) is 1.03. The Morgan fingerprint density at radius 1 is 1.24 bits per heavy atom. The van der Waals surface area contributed by atoms with Crippen molar-refractivity contribution in [3.63, 3.8) is 0 Å². The van der Waals surface area contributed by atoms with E-state index in [1.54, 1.807) is 0 Å². The van der Waals surface area contributed by atoms with Crippen LogP contribution in [0.4, 0.5) is 5.69 Å². The molecule has 1 unspecified atom stereocenters. The summed E-state index contributed by atoms with van der Waals surface area (Å²) in [5, 5.41) is 3.57. The number of benzene rings is 2. The van der Waals surface area contributed by atoms with Gasteiger partial charge in [-0.2, -0.15) is 0 Å². The Labute approximate surface area is 129 Å². The first-order valence-corrected chi connectivity index (χ1v) is 8.58. The minimum absolute atomic E-state index is 0.00820. The van der Waals surface area contributed by atoms with Gasteiger partial charge in [-0.1, -0.05) is 0 Å². The molecule has 21 heavy (non-hydrogen) atoms. The molecule has 1 aliphatic rings.